The van der Waals surface area contributed by atoms with Crippen LogP contribution < -0.4 is 5.32 Å². The first-order chi connectivity index (χ1) is 38.3. The molecular weight excluding hydrogens is 971 g/mol. The van der Waals surface area contributed by atoms with Crippen LogP contribution in [-0.4, -0.2) is 87.5 Å². The summed E-state index contributed by atoms with van der Waals surface area (Å²) in [6, 6.07) is -0.723. The second-order valence-electron chi connectivity index (χ2n) is 23.2. The minimum Gasteiger partial charge on any atom is -0.394 e. The Morgan fingerprint density at radius 1 is 0.449 bits per heavy atom. The van der Waals surface area contributed by atoms with E-state index in [0.29, 0.717) is 12.8 Å². The van der Waals surface area contributed by atoms with Crippen LogP contribution in [0.15, 0.2) is 60.8 Å². The number of allylic oxidation sites excluding steroid dienone is 10. The molecule has 1 amide bonds. The first kappa shape index (κ1) is 73.9. The average molecular weight is 1100 g/mol. The molecule has 1 aliphatic rings. The highest BCUT2D eigenvalue weighted by Crippen LogP contribution is 2.24. The molecule has 0 aliphatic carbocycles. The molecular formula is C69H127NO8. The lowest BCUT2D eigenvalue weighted by Gasteiger charge is -2.40. The first-order valence-electron chi connectivity index (χ1n) is 33.5. The van der Waals surface area contributed by atoms with E-state index in [0.717, 1.165) is 70.6 Å². The maximum Gasteiger partial charge on any atom is 0.220 e. The zero-order chi connectivity index (χ0) is 56.5. The van der Waals surface area contributed by atoms with Gasteiger partial charge >= 0.3 is 0 Å². The summed E-state index contributed by atoms with van der Waals surface area (Å²) in [5.41, 5.74) is 0. The molecule has 456 valence electrons. The van der Waals surface area contributed by atoms with Gasteiger partial charge in [0.15, 0.2) is 6.29 Å². The van der Waals surface area contributed by atoms with E-state index in [1.54, 1.807) is 0 Å². The van der Waals surface area contributed by atoms with Gasteiger partial charge in [-0.2, -0.15) is 0 Å². The molecule has 0 aromatic heterocycles. The Morgan fingerprint density at radius 2 is 0.795 bits per heavy atom. The summed E-state index contributed by atoms with van der Waals surface area (Å²) in [7, 11) is 0. The van der Waals surface area contributed by atoms with E-state index in [9.17, 15) is 30.3 Å². The summed E-state index contributed by atoms with van der Waals surface area (Å²) >= 11 is 0. The summed E-state index contributed by atoms with van der Waals surface area (Å²) in [5, 5.41) is 54.9. The van der Waals surface area contributed by atoms with Crippen LogP contribution in [0.5, 0.6) is 0 Å². The van der Waals surface area contributed by atoms with Crippen LogP contribution in [0.2, 0.25) is 0 Å². The Labute approximate surface area is 481 Å². The molecule has 1 rings (SSSR count). The number of unbranched alkanes of at least 4 members (excludes halogenated alkanes) is 38. The van der Waals surface area contributed by atoms with Gasteiger partial charge in [0.05, 0.1) is 25.4 Å². The van der Waals surface area contributed by atoms with Crippen molar-refractivity contribution in [1.29, 1.82) is 0 Å². The Bertz CT molecular complexity index is 1410. The molecule has 6 N–H and O–H groups in total. The van der Waals surface area contributed by atoms with Crippen LogP contribution >= 0.6 is 0 Å². The zero-order valence-electron chi connectivity index (χ0n) is 50.9. The number of aliphatic hydroxyl groups is 5. The van der Waals surface area contributed by atoms with Gasteiger partial charge in [0, 0.05) is 6.42 Å². The van der Waals surface area contributed by atoms with Crippen molar-refractivity contribution in [2.24, 2.45) is 0 Å². The van der Waals surface area contributed by atoms with E-state index in [2.05, 4.69) is 79.9 Å². The van der Waals surface area contributed by atoms with Gasteiger partial charge < -0.3 is 40.3 Å². The molecule has 9 heteroatoms. The van der Waals surface area contributed by atoms with Gasteiger partial charge in [0.25, 0.3) is 0 Å². The molecule has 0 spiro atoms. The highest BCUT2D eigenvalue weighted by atomic mass is 16.7. The molecule has 0 aromatic rings. The standard InChI is InChI=1S/C69H127NO8/c1-3-5-7-9-11-13-15-17-19-21-23-25-27-29-31-32-33-35-37-39-41-43-45-47-49-51-53-55-57-59-65(73)70-62(61-77-69-68(76)67(75)66(74)64(60-71)78-69)63(72)58-56-54-52-50-48-46-44-42-40-38-36-34-30-28-26-24-22-20-18-16-14-12-10-8-6-4-2/h5,7,11,13,17,19,23,25,29,31,62-64,66-69,71-72,74-76H,3-4,6,8-10,12,14-16,18,20-22,24,26-28,30,32-61H2,1-2H3,(H,70,73)/b7-5-,13-11-,19-17-,25-23-,31-29-. The van der Waals surface area contributed by atoms with Gasteiger partial charge in [-0.1, -0.05) is 312 Å². The molecule has 7 atom stereocenters. The van der Waals surface area contributed by atoms with Crippen molar-refractivity contribution < 1.29 is 39.8 Å². The van der Waals surface area contributed by atoms with Crippen LogP contribution in [-0.2, 0) is 14.3 Å². The Kier molecular flexibility index (Phi) is 55.0. The Hall–Kier alpha value is -2.11. The predicted molar refractivity (Wildman–Crippen MR) is 332 cm³/mol. The molecule has 1 fully saturated rings. The average Bonchev–Trinajstić information content (AvgIpc) is 3.45. The number of nitrogens with one attached hydrogen (secondary N) is 1. The van der Waals surface area contributed by atoms with Crippen molar-refractivity contribution in [2.45, 2.75) is 358 Å². The third kappa shape index (κ3) is 46.5. The third-order valence-corrected chi connectivity index (χ3v) is 15.9. The lowest BCUT2D eigenvalue weighted by Crippen LogP contribution is -2.60. The molecule has 9 nitrogen and oxygen atoms in total. The van der Waals surface area contributed by atoms with Crippen LogP contribution in [0.25, 0.3) is 0 Å². The first-order valence-corrected chi connectivity index (χ1v) is 33.5. The van der Waals surface area contributed by atoms with Gasteiger partial charge in [0.2, 0.25) is 5.91 Å². The van der Waals surface area contributed by atoms with E-state index >= 15 is 0 Å². The number of rotatable bonds is 58. The normalized spacial score (nSPS) is 19.0. The number of carbonyl (C=O) groups excluding carboxylic acids is 1. The monoisotopic (exact) mass is 1100 g/mol. The van der Waals surface area contributed by atoms with Crippen molar-refractivity contribution in [3.8, 4) is 0 Å². The van der Waals surface area contributed by atoms with Crippen molar-refractivity contribution in [1.82, 2.24) is 5.32 Å². The quantitative estimate of drug-likeness (QED) is 0.0261. The maximum atomic E-state index is 13.1. The molecule has 0 saturated carbocycles. The van der Waals surface area contributed by atoms with Gasteiger partial charge in [-0.25, -0.2) is 0 Å². The van der Waals surface area contributed by atoms with Crippen molar-refractivity contribution in [2.75, 3.05) is 13.2 Å². The molecule has 1 saturated heterocycles. The number of ether oxygens (including phenoxy) is 2. The van der Waals surface area contributed by atoms with Crippen LogP contribution in [0.1, 0.15) is 316 Å². The smallest absolute Gasteiger partial charge is 0.220 e. The highest BCUT2D eigenvalue weighted by molar-refractivity contribution is 5.76. The summed E-state index contributed by atoms with van der Waals surface area (Å²) < 4.78 is 11.4. The van der Waals surface area contributed by atoms with Gasteiger partial charge in [-0.05, 0) is 57.8 Å². The minimum absolute atomic E-state index is 0.138. The fourth-order valence-electron chi connectivity index (χ4n) is 10.7. The van der Waals surface area contributed by atoms with Crippen molar-refractivity contribution in [3.63, 3.8) is 0 Å². The second-order valence-corrected chi connectivity index (χ2v) is 23.2. The summed E-state index contributed by atoms with van der Waals surface area (Å²) in [4.78, 5) is 13.1. The molecule has 7 unspecified atom stereocenters. The fraction of sp³-hybridized carbons (Fsp3) is 0.841. The van der Waals surface area contributed by atoms with Gasteiger partial charge in [-0.3, -0.25) is 4.79 Å². The lowest BCUT2D eigenvalue weighted by atomic mass is 9.99. The van der Waals surface area contributed by atoms with E-state index in [4.69, 9.17) is 9.47 Å². The topological polar surface area (TPSA) is 149 Å². The zero-order valence-corrected chi connectivity index (χ0v) is 50.9. The summed E-state index contributed by atoms with van der Waals surface area (Å²) in [6.07, 6.45) is 72.7. The van der Waals surface area contributed by atoms with Crippen LogP contribution in [0, 0.1) is 0 Å². The second kappa shape index (κ2) is 58.1. The van der Waals surface area contributed by atoms with E-state index in [-0.39, 0.29) is 12.5 Å². The lowest BCUT2D eigenvalue weighted by molar-refractivity contribution is -0.302. The van der Waals surface area contributed by atoms with Crippen LogP contribution in [0.4, 0.5) is 0 Å². The summed E-state index contributed by atoms with van der Waals surface area (Å²) in [5.74, 6) is -0.143. The minimum atomic E-state index is -1.56. The molecule has 0 radical (unpaired) electrons. The molecule has 78 heavy (non-hydrogen) atoms. The molecule has 0 bridgehead atoms. The predicted octanol–water partition coefficient (Wildman–Crippen LogP) is 17.8. The largest absolute Gasteiger partial charge is 0.394 e. The SMILES string of the molecule is CC/C=C\C/C=C\C/C=C\C/C=C\C/C=C\CCCCCCCCCCCCCCCC(=O)NC(COC1OC(CO)C(O)C(O)C1O)C(O)CCCCCCCCCCCCCCCCCCCCCCCCCCCC. The number of aliphatic hydroxyl groups excluding tert-OH is 5. The number of amides is 1. The van der Waals surface area contributed by atoms with E-state index in [1.165, 1.54) is 218 Å². The van der Waals surface area contributed by atoms with Crippen LogP contribution in [0.3, 0.4) is 0 Å². The third-order valence-electron chi connectivity index (χ3n) is 15.9. The number of carbonyl (C=O) groups is 1. The molecule has 1 heterocycles. The van der Waals surface area contributed by atoms with E-state index in [1.807, 2.05) is 0 Å². The molecule has 1 aliphatic heterocycles. The maximum absolute atomic E-state index is 13.1. The highest BCUT2D eigenvalue weighted by Gasteiger charge is 2.44. The van der Waals surface area contributed by atoms with Gasteiger partial charge in [0.1, 0.15) is 24.4 Å². The number of hydrogen-bond acceptors (Lipinski definition) is 8. The summed E-state index contributed by atoms with van der Waals surface area (Å²) in [6.45, 7) is 3.76. The van der Waals surface area contributed by atoms with Gasteiger partial charge in [-0.15, -0.1) is 0 Å². The fourth-order valence-corrected chi connectivity index (χ4v) is 10.7. The van der Waals surface area contributed by atoms with E-state index < -0.39 is 49.5 Å². The Balaban J connectivity index is 2.14. The van der Waals surface area contributed by atoms with Crippen molar-refractivity contribution >= 4 is 5.91 Å². The van der Waals surface area contributed by atoms with Crippen molar-refractivity contribution in [3.05, 3.63) is 60.8 Å². The number of hydrogen-bond donors (Lipinski definition) is 6. The molecule has 0 aromatic carbocycles. The Morgan fingerprint density at radius 3 is 1.18 bits per heavy atom.